The van der Waals surface area contributed by atoms with Gasteiger partial charge < -0.3 is 4.57 Å². The summed E-state index contributed by atoms with van der Waals surface area (Å²) in [6.45, 7) is 2.78. The summed E-state index contributed by atoms with van der Waals surface area (Å²) < 4.78 is 2.54. The van der Waals surface area contributed by atoms with Crippen molar-refractivity contribution in [1.82, 2.24) is 19.7 Å². The molecule has 0 fully saturated rings. The Labute approximate surface area is 90.6 Å². The third-order valence-electron chi connectivity index (χ3n) is 1.87. The molecule has 0 aliphatic heterocycles. The van der Waals surface area contributed by atoms with E-state index in [9.17, 15) is 0 Å². The zero-order chi connectivity index (χ0) is 9.97. The Morgan fingerprint density at radius 1 is 1.50 bits per heavy atom. The van der Waals surface area contributed by atoms with Crippen LogP contribution in [0.4, 0.5) is 0 Å². The lowest BCUT2D eigenvalue weighted by atomic mass is 10.4. The average molecular weight is 229 g/mol. The van der Waals surface area contributed by atoms with E-state index in [2.05, 4.69) is 26.7 Å². The van der Waals surface area contributed by atoms with Gasteiger partial charge >= 0.3 is 0 Å². The standard InChI is InChI=1S/C8H9ClN4S/c1-2-6-10-3-4-13(6)5-7-11-12-8(9)14-7/h3-4H,2,5H2,1H3. The number of halogens is 1. The molecule has 0 spiro atoms. The molecule has 0 saturated heterocycles. The molecule has 0 aromatic carbocycles. The van der Waals surface area contributed by atoms with Gasteiger partial charge in [-0.2, -0.15) is 0 Å². The van der Waals surface area contributed by atoms with Gasteiger partial charge in [-0.25, -0.2) is 4.98 Å². The minimum absolute atomic E-state index is 0.484. The van der Waals surface area contributed by atoms with Crippen LogP contribution in [0.3, 0.4) is 0 Å². The monoisotopic (exact) mass is 228 g/mol. The first-order valence-corrected chi connectivity index (χ1v) is 5.47. The molecule has 14 heavy (non-hydrogen) atoms. The second-order valence-corrected chi connectivity index (χ2v) is 4.42. The van der Waals surface area contributed by atoms with Crippen LogP contribution < -0.4 is 0 Å². The Kier molecular flexibility index (Phi) is 2.79. The maximum Gasteiger partial charge on any atom is 0.207 e. The second kappa shape index (κ2) is 4.06. The zero-order valence-electron chi connectivity index (χ0n) is 7.64. The first-order valence-electron chi connectivity index (χ1n) is 4.27. The summed E-state index contributed by atoms with van der Waals surface area (Å²) in [4.78, 5) is 4.22. The van der Waals surface area contributed by atoms with E-state index in [1.807, 2.05) is 6.20 Å². The van der Waals surface area contributed by atoms with E-state index >= 15 is 0 Å². The molecular weight excluding hydrogens is 220 g/mol. The fourth-order valence-electron chi connectivity index (χ4n) is 1.24. The minimum atomic E-state index is 0.484. The lowest BCUT2D eigenvalue weighted by Crippen LogP contribution is -2.02. The predicted molar refractivity (Wildman–Crippen MR) is 55.6 cm³/mol. The second-order valence-electron chi connectivity index (χ2n) is 2.77. The van der Waals surface area contributed by atoms with E-state index in [0.717, 1.165) is 17.3 Å². The highest BCUT2D eigenvalue weighted by molar-refractivity contribution is 7.15. The number of imidazole rings is 1. The van der Waals surface area contributed by atoms with Gasteiger partial charge in [0.15, 0.2) is 0 Å². The highest BCUT2D eigenvalue weighted by Crippen LogP contribution is 2.16. The number of rotatable bonds is 3. The van der Waals surface area contributed by atoms with Crippen molar-refractivity contribution in [2.75, 3.05) is 0 Å². The van der Waals surface area contributed by atoms with E-state index < -0.39 is 0 Å². The molecule has 2 rings (SSSR count). The van der Waals surface area contributed by atoms with E-state index in [-0.39, 0.29) is 0 Å². The Bertz CT molecular complexity index is 422. The molecule has 4 nitrogen and oxygen atoms in total. The van der Waals surface area contributed by atoms with Gasteiger partial charge in [-0.1, -0.05) is 18.3 Å². The lowest BCUT2D eigenvalue weighted by Gasteiger charge is -2.01. The lowest BCUT2D eigenvalue weighted by molar-refractivity contribution is 0.720. The SMILES string of the molecule is CCc1nccn1Cc1nnc(Cl)s1. The molecule has 0 radical (unpaired) electrons. The van der Waals surface area contributed by atoms with Crippen molar-refractivity contribution in [2.24, 2.45) is 0 Å². The molecule has 2 aromatic rings. The first-order chi connectivity index (χ1) is 6.79. The Balaban J connectivity index is 2.18. The fraction of sp³-hybridized carbons (Fsp3) is 0.375. The van der Waals surface area contributed by atoms with Crippen LogP contribution in [-0.4, -0.2) is 19.7 Å². The summed E-state index contributed by atoms with van der Waals surface area (Å²) in [5.41, 5.74) is 0. The van der Waals surface area contributed by atoms with Crippen LogP contribution >= 0.6 is 22.9 Å². The van der Waals surface area contributed by atoms with Gasteiger partial charge in [0.2, 0.25) is 4.47 Å². The molecule has 2 heterocycles. The molecule has 0 bridgehead atoms. The highest BCUT2D eigenvalue weighted by atomic mass is 35.5. The number of aromatic nitrogens is 4. The van der Waals surface area contributed by atoms with E-state index in [1.165, 1.54) is 11.3 Å². The third kappa shape index (κ3) is 1.93. The fourth-order valence-corrected chi connectivity index (χ4v) is 2.11. The molecule has 2 aromatic heterocycles. The maximum atomic E-state index is 5.69. The van der Waals surface area contributed by atoms with Crippen LogP contribution in [0.2, 0.25) is 4.47 Å². The van der Waals surface area contributed by atoms with Gasteiger partial charge in [-0.15, -0.1) is 10.2 Å². The molecule has 0 aliphatic rings. The number of aryl methyl sites for hydroxylation is 1. The topological polar surface area (TPSA) is 43.6 Å². The molecule has 0 unspecified atom stereocenters. The van der Waals surface area contributed by atoms with Crippen molar-refractivity contribution in [1.29, 1.82) is 0 Å². The maximum absolute atomic E-state index is 5.69. The van der Waals surface area contributed by atoms with Crippen molar-refractivity contribution < 1.29 is 0 Å². The van der Waals surface area contributed by atoms with Crippen LogP contribution in [0.1, 0.15) is 17.8 Å². The Morgan fingerprint density at radius 2 is 2.36 bits per heavy atom. The van der Waals surface area contributed by atoms with Crippen LogP contribution in [-0.2, 0) is 13.0 Å². The summed E-state index contributed by atoms with van der Waals surface area (Å²) in [5, 5.41) is 8.61. The van der Waals surface area contributed by atoms with Gasteiger partial charge in [0, 0.05) is 18.8 Å². The van der Waals surface area contributed by atoms with E-state index in [4.69, 9.17) is 11.6 Å². The predicted octanol–water partition coefficient (Wildman–Crippen LogP) is 2.00. The zero-order valence-corrected chi connectivity index (χ0v) is 9.22. The van der Waals surface area contributed by atoms with Gasteiger partial charge in [0.25, 0.3) is 0 Å². The Hall–Kier alpha value is -0.940. The number of nitrogens with zero attached hydrogens (tertiary/aromatic N) is 4. The average Bonchev–Trinajstić information content (AvgIpc) is 2.76. The van der Waals surface area contributed by atoms with Crippen LogP contribution in [0.15, 0.2) is 12.4 Å². The molecule has 0 atom stereocenters. The molecule has 0 N–H and O–H groups in total. The molecule has 0 aliphatic carbocycles. The van der Waals surface area contributed by atoms with Crippen molar-refractivity contribution in [3.8, 4) is 0 Å². The normalized spacial score (nSPS) is 10.7. The molecule has 0 amide bonds. The van der Waals surface area contributed by atoms with Gasteiger partial charge in [-0.3, -0.25) is 0 Å². The Morgan fingerprint density at radius 3 is 3.00 bits per heavy atom. The molecule has 74 valence electrons. The number of hydrogen-bond acceptors (Lipinski definition) is 4. The minimum Gasteiger partial charge on any atom is -0.328 e. The molecule has 0 saturated carbocycles. The van der Waals surface area contributed by atoms with Crippen LogP contribution in [0, 0.1) is 0 Å². The van der Waals surface area contributed by atoms with Crippen molar-refractivity contribution in [3.63, 3.8) is 0 Å². The smallest absolute Gasteiger partial charge is 0.207 e. The van der Waals surface area contributed by atoms with E-state index in [0.29, 0.717) is 11.0 Å². The summed E-state index contributed by atoms with van der Waals surface area (Å²) >= 11 is 7.09. The summed E-state index contributed by atoms with van der Waals surface area (Å²) in [5.74, 6) is 1.05. The molecule has 6 heteroatoms. The molecular formula is C8H9ClN4S. The summed E-state index contributed by atoms with van der Waals surface area (Å²) in [6.07, 6.45) is 4.65. The summed E-state index contributed by atoms with van der Waals surface area (Å²) in [6, 6.07) is 0. The van der Waals surface area contributed by atoms with Gasteiger partial charge in [0.05, 0.1) is 6.54 Å². The number of hydrogen-bond donors (Lipinski definition) is 0. The van der Waals surface area contributed by atoms with Crippen molar-refractivity contribution in [2.45, 2.75) is 19.9 Å². The highest BCUT2D eigenvalue weighted by Gasteiger charge is 2.05. The third-order valence-corrected chi connectivity index (χ3v) is 2.87. The van der Waals surface area contributed by atoms with Crippen LogP contribution in [0.25, 0.3) is 0 Å². The van der Waals surface area contributed by atoms with Crippen molar-refractivity contribution in [3.05, 3.63) is 27.7 Å². The quantitative estimate of drug-likeness (QED) is 0.807. The van der Waals surface area contributed by atoms with Gasteiger partial charge in [0.1, 0.15) is 10.8 Å². The first kappa shape index (κ1) is 9.61. The summed E-state index contributed by atoms with van der Waals surface area (Å²) in [7, 11) is 0. The largest absolute Gasteiger partial charge is 0.328 e. The van der Waals surface area contributed by atoms with E-state index in [1.54, 1.807) is 6.20 Å². The van der Waals surface area contributed by atoms with Crippen molar-refractivity contribution >= 4 is 22.9 Å². The van der Waals surface area contributed by atoms with Crippen LogP contribution in [0.5, 0.6) is 0 Å². The van der Waals surface area contributed by atoms with Gasteiger partial charge in [-0.05, 0) is 11.6 Å².